The molecule has 0 saturated heterocycles. The van der Waals surface area contributed by atoms with Gasteiger partial charge in [0.25, 0.3) is 0 Å². The van der Waals surface area contributed by atoms with Gasteiger partial charge < -0.3 is 4.74 Å². The van der Waals surface area contributed by atoms with Crippen LogP contribution in [0.25, 0.3) is 0 Å². The summed E-state index contributed by atoms with van der Waals surface area (Å²) in [5.74, 6) is -0.229. The molecule has 2 nitrogen and oxygen atoms in total. The summed E-state index contributed by atoms with van der Waals surface area (Å²) in [6.45, 7) is 3.44. The Bertz CT molecular complexity index is 125. The Balaban J connectivity index is 3.37. The third kappa shape index (κ3) is 4.81. The van der Waals surface area contributed by atoms with E-state index in [4.69, 9.17) is 0 Å². The molecule has 0 aromatic heterocycles. The minimum Gasteiger partial charge on any atom is -0.469 e. The van der Waals surface area contributed by atoms with Crippen LogP contribution in [0.1, 0.15) is 6.42 Å². The molecule has 0 fully saturated rings. The zero-order valence-electron chi connectivity index (χ0n) is 5.46. The van der Waals surface area contributed by atoms with Crippen molar-refractivity contribution in [3.63, 3.8) is 0 Å². The highest BCUT2D eigenvalue weighted by atomic mass is 16.5. The number of rotatable bonds is 3. The Labute approximate surface area is 54.8 Å². The number of allylic oxidation sites excluding steroid dienone is 2. The van der Waals surface area contributed by atoms with Crippen LogP contribution < -0.4 is 0 Å². The summed E-state index contributed by atoms with van der Waals surface area (Å²) >= 11 is 0. The molecule has 0 spiro atoms. The first-order valence-electron chi connectivity index (χ1n) is 2.65. The van der Waals surface area contributed by atoms with Gasteiger partial charge >= 0.3 is 5.97 Å². The number of carbonyl (C=O) groups is 1. The van der Waals surface area contributed by atoms with Crippen LogP contribution in [-0.4, -0.2) is 13.1 Å². The molecule has 0 rings (SSSR count). The van der Waals surface area contributed by atoms with Gasteiger partial charge in [0.2, 0.25) is 0 Å². The Morgan fingerprint density at radius 2 is 2.44 bits per heavy atom. The van der Waals surface area contributed by atoms with Crippen LogP contribution in [-0.2, 0) is 9.53 Å². The van der Waals surface area contributed by atoms with E-state index in [2.05, 4.69) is 11.3 Å². The van der Waals surface area contributed by atoms with Gasteiger partial charge in [-0.25, -0.2) is 0 Å². The van der Waals surface area contributed by atoms with Gasteiger partial charge in [-0.05, 0) is 0 Å². The Morgan fingerprint density at radius 1 is 1.78 bits per heavy atom. The van der Waals surface area contributed by atoms with Crippen molar-refractivity contribution in [2.75, 3.05) is 7.11 Å². The first kappa shape index (κ1) is 7.95. The van der Waals surface area contributed by atoms with Crippen LogP contribution in [0.5, 0.6) is 0 Å². The second-order valence-electron chi connectivity index (χ2n) is 1.44. The van der Waals surface area contributed by atoms with Crippen molar-refractivity contribution in [3.05, 3.63) is 24.8 Å². The lowest BCUT2D eigenvalue weighted by Crippen LogP contribution is -1.96. The van der Waals surface area contributed by atoms with Gasteiger partial charge in [-0.2, -0.15) is 0 Å². The molecule has 2 heteroatoms. The molecule has 0 heterocycles. The van der Waals surface area contributed by atoms with Gasteiger partial charge in [0, 0.05) is 0 Å². The molecule has 0 radical (unpaired) electrons. The topological polar surface area (TPSA) is 26.3 Å². The molecule has 0 aliphatic rings. The van der Waals surface area contributed by atoms with Crippen molar-refractivity contribution in [3.8, 4) is 0 Å². The van der Waals surface area contributed by atoms with Crippen molar-refractivity contribution in [2.45, 2.75) is 6.42 Å². The van der Waals surface area contributed by atoms with E-state index in [-0.39, 0.29) is 5.97 Å². The quantitative estimate of drug-likeness (QED) is 0.420. The summed E-state index contributed by atoms with van der Waals surface area (Å²) in [5.41, 5.74) is 0. The summed E-state index contributed by atoms with van der Waals surface area (Å²) < 4.78 is 4.37. The lowest BCUT2D eigenvalue weighted by atomic mass is 10.4. The lowest BCUT2D eigenvalue weighted by molar-refractivity contribution is -0.139. The summed E-state index contributed by atoms with van der Waals surface area (Å²) in [6, 6.07) is 0. The maximum atomic E-state index is 10.4. The maximum Gasteiger partial charge on any atom is 0.309 e. The maximum absolute atomic E-state index is 10.4. The number of hydrogen-bond donors (Lipinski definition) is 0. The van der Waals surface area contributed by atoms with E-state index in [1.807, 2.05) is 0 Å². The Hall–Kier alpha value is -1.05. The van der Waals surface area contributed by atoms with Crippen molar-refractivity contribution < 1.29 is 9.53 Å². The third-order valence-electron chi connectivity index (χ3n) is 0.784. The first-order valence-corrected chi connectivity index (χ1v) is 2.65. The molecule has 9 heavy (non-hydrogen) atoms. The molecule has 50 valence electrons. The van der Waals surface area contributed by atoms with Gasteiger partial charge in [0.15, 0.2) is 0 Å². The van der Waals surface area contributed by atoms with Gasteiger partial charge in [-0.1, -0.05) is 24.8 Å². The number of methoxy groups -OCH3 is 1. The van der Waals surface area contributed by atoms with Gasteiger partial charge in [0.05, 0.1) is 13.5 Å². The third-order valence-corrected chi connectivity index (χ3v) is 0.784. The second kappa shape index (κ2) is 5.09. The number of carbonyl (C=O) groups excluding carboxylic acids is 1. The average Bonchev–Trinajstić information content (AvgIpc) is 1.89. The van der Waals surface area contributed by atoms with Crippen LogP contribution in [0.15, 0.2) is 24.8 Å². The van der Waals surface area contributed by atoms with E-state index in [1.54, 1.807) is 18.2 Å². The average molecular weight is 126 g/mol. The molecule has 0 aromatic carbocycles. The smallest absolute Gasteiger partial charge is 0.309 e. The van der Waals surface area contributed by atoms with E-state index in [1.165, 1.54) is 7.11 Å². The second-order valence-corrected chi connectivity index (χ2v) is 1.44. The standard InChI is InChI=1S/C7H10O2/c1-3-4-5-6-7(8)9-2/h3-5H,1,6H2,2H3/b5-4-. The zero-order valence-corrected chi connectivity index (χ0v) is 5.46. The summed E-state index contributed by atoms with van der Waals surface area (Å²) in [7, 11) is 1.37. The fourth-order valence-electron chi connectivity index (χ4n) is 0.344. The van der Waals surface area contributed by atoms with E-state index >= 15 is 0 Å². The minimum atomic E-state index is -0.229. The van der Waals surface area contributed by atoms with E-state index in [9.17, 15) is 4.79 Å². The van der Waals surface area contributed by atoms with Crippen LogP contribution in [0.2, 0.25) is 0 Å². The number of ether oxygens (including phenoxy) is 1. The highest BCUT2D eigenvalue weighted by Crippen LogP contribution is 1.85. The fourth-order valence-corrected chi connectivity index (χ4v) is 0.344. The zero-order chi connectivity index (χ0) is 7.11. The molecule has 0 atom stereocenters. The molecular weight excluding hydrogens is 116 g/mol. The Morgan fingerprint density at radius 3 is 2.89 bits per heavy atom. The van der Waals surface area contributed by atoms with Crippen LogP contribution in [0.3, 0.4) is 0 Å². The molecule has 0 aromatic rings. The molecule has 0 aliphatic carbocycles. The summed E-state index contributed by atoms with van der Waals surface area (Å²) in [5, 5.41) is 0. The van der Waals surface area contributed by atoms with E-state index in [0.717, 1.165) is 0 Å². The van der Waals surface area contributed by atoms with Gasteiger partial charge in [-0.3, -0.25) is 4.79 Å². The predicted molar refractivity (Wildman–Crippen MR) is 36.0 cm³/mol. The largest absolute Gasteiger partial charge is 0.469 e. The first-order chi connectivity index (χ1) is 4.31. The summed E-state index contributed by atoms with van der Waals surface area (Å²) in [4.78, 5) is 10.4. The van der Waals surface area contributed by atoms with Crippen molar-refractivity contribution in [2.24, 2.45) is 0 Å². The highest BCUT2D eigenvalue weighted by Gasteiger charge is 1.91. The van der Waals surface area contributed by atoms with Crippen LogP contribution in [0.4, 0.5) is 0 Å². The van der Waals surface area contributed by atoms with Crippen molar-refractivity contribution in [1.29, 1.82) is 0 Å². The number of esters is 1. The molecule has 0 bridgehead atoms. The Kier molecular flexibility index (Phi) is 4.50. The van der Waals surface area contributed by atoms with E-state index < -0.39 is 0 Å². The molecule has 0 amide bonds. The molecule has 0 aliphatic heterocycles. The highest BCUT2D eigenvalue weighted by molar-refractivity contribution is 5.70. The van der Waals surface area contributed by atoms with Crippen LogP contribution >= 0.6 is 0 Å². The minimum absolute atomic E-state index is 0.229. The number of hydrogen-bond acceptors (Lipinski definition) is 2. The van der Waals surface area contributed by atoms with Gasteiger partial charge in [0.1, 0.15) is 0 Å². The van der Waals surface area contributed by atoms with Crippen LogP contribution in [0, 0.1) is 0 Å². The SMILES string of the molecule is C=C/C=C\CC(=O)OC. The van der Waals surface area contributed by atoms with Gasteiger partial charge in [-0.15, -0.1) is 0 Å². The molecule has 0 N–H and O–H groups in total. The molecular formula is C7H10O2. The fraction of sp³-hybridized carbons (Fsp3) is 0.286. The lowest BCUT2D eigenvalue weighted by Gasteiger charge is -1.89. The molecule has 0 unspecified atom stereocenters. The van der Waals surface area contributed by atoms with Crippen molar-refractivity contribution in [1.82, 2.24) is 0 Å². The summed E-state index contributed by atoms with van der Waals surface area (Å²) in [6.07, 6.45) is 5.33. The normalized spacial score (nSPS) is 9.44. The van der Waals surface area contributed by atoms with E-state index in [0.29, 0.717) is 6.42 Å². The van der Waals surface area contributed by atoms with Crippen molar-refractivity contribution >= 4 is 5.97 Å². The predicted octanol–water partition coefficient (Wildman–Crippen LogP) is 1.29. The monoisotopic (exact) mass is 126 g/mol. The molecule has 0 saturated carbocycles.